The van der Waals surface area contributed by atoms with Gasteiger partial charge in [-0.15, -0.1) is 0 Å². The molecule has 1 N–H and O–H groups in total. The molecule has 0 atom stereocenters. The van der Waals surface area contributed by atoms with Gasteiger partial charge < -0.3 is 10.1 Å². The zero-order valence-electron chi connectivity index (χ0n) is 12.7. The van der Waals surface area contributed by atoms with Crippen LogP contribution in [0.2, 0.25) is 0 Å². The molecule has 1 heterocycles. The molecule has 2 aliphatic rings. The molecule has 1 aliphatic heterocycles. The van der Waals surface area contributed by atoms with E-state index in [4.69, 9.17) is 4.74 Å². The van der Waals surface area contributed by atoms with Crippen molar-refractivity contribution >= 4 is 10.0 Å². The van der Waals surface area contributed by atoms with E-state index in [0.717, 1.165) is 25.7 Å². The maximum absolute atomic E-state index is 11.8. The van der Waals surface area contributed by atoms with Crippen LogP contribution in [0, 0.1) is 0 Å². The summed E-state index contributed by atoms with van der Waals surface area (Å²) >= 11 is 0. The smallest absolute Gasteiger partial charge is 0.213 e. The third-order valence-corrected chi connectivity index (χ3v) is 6.57. The quantitative estimate of drug-likeness (QED) is 0.833. The molecule has 1 saturated heterocycles. The Morgan fingerprint density at radius 3 is 2.10 bits per heavy atom. The van der Waals surface area contributed by atoms with Crippen LogP contribution in [0.3, 0.4) is 0 Å². The first-order valence-electron chi connectivity index (χ1n) is 7.81. The molecule has 0 radical (unpaired) electrons. The zero-order valence-corrected chi connectivity index (χ0v) is 13.5. The summed E-state index contributed by atoms with van der Waals surface area (Å²) in [7, 11) is -1.21. The van der Waals surface area contributed by atoms with Gasteiger partial charge in [0.05, 0.1) is 11.9 Å². The molecule has 118 valence electrons. The lowest BCUT2D eigenvalue weighted by atomic mass is 9.91. The summed E-state index contributed by atoms with van der Waals surface area (Å²) < 4.78 is 30.7. The van der Waals surface area contributed by atoms with Gasteiger partial charge >= 0.3 is 0 Å². The summed E-state index contributed by atoms with van der Waals surface area (Å²) in [5.41, 5.74) is 0. The van der Waals surface area contributed by atoms with Crippen molar-refractivity contribution in [1.82, 2.24) is 9.62 Å². The van der Waals surface area contributed by atoms with E-state index in [1.165, 1.54) is 12.8 Å². The summed E-state index contributed by atoms with van der Waals surface area (Å²) in [5, 5.41) is 3.72. The normalized spacial score (nSPS) is 30.5. The predicted molar refractivity (Wildman–Crippen MR) is 80.2 cm³/mol. The largest absolute Gasteiger partial charge is 0.381 e. The van der Waals surface area contributed by atoms with Gasteiger partial charge in [-0.25, -0.2) is 12.7 Å². The Balaban J connectivity index is 1.72. The number of nitrogens with one attached hydrogen (secondary N) is 1. The Kier molecular flexibility index (Phi) is 5.84. The monoisotopic (exact) mass is 304 g/mol. The van der Waals surface area contributed by atoms with Crippen molar-refractivity contribution in [1.29, 1.82) is 0 Å². The highest BCUT2D eigenvalue weighted by Crippen LogP contribution is 2.23. The first kappa shape index (κ1) is 16.2. The van der Waals surface area contributed by atoms with E-state index in [1.54, 1.807) is 18.3 Å². The van der Waals surface area contributed by atoms with Crippen LogP contribution in [0.15, 0.2) is 0 Å². The molecule has 1 aliphatic carbocycles. The van der Waals surface area contributed by atoms with E-state index in [2.05, 4.69) is 5.32 Å². The molecule has 0 spiro atoms. The lowest BCUT2D eigenvalue weighted by Gasteiger charge is -2.36. The second-order valence-corrected chi connectivity index (χ2v) is 8.21. The van der Waals surface area contributed by atoms with Crippen molar-refractivity contribution in [3.05, 3.63) is 0 Å². The molecule has 0 amide bonds. The minimum Gasteiger partial charge on any atom is -0.381 e. The molecule has 1 saturated carbocycles. The fourth-order valence-corrected chi connectivity index (χ4v) is 4.41. The standard InChI is InChI=1S/C14H28N2O3S/c1-3-20(17,18)16-10-8-13(9-11-16)15-12-4-6-14(19-2)7-5-12/h12-15H,3-11H2,1-2H3. The average molecular weight is 304 g/mol. The maximum Gasteiger partial charge on any atom is 0.213 e. The average Bonchev–Trinajstić information content (AvgIpc) is 2.48. The third kappa shape index (κ3) is 4.16. The molecule has 2 fully saturated rings. The number of sulfonamides is 1. The fourth-order valence-electron chi connectivity index (χ4n) is 3.28. The minimum absolute atomic E-state index is 0.214. The molecule has 0 aromatic carbocycles. The van der Waals surface area contributed by atoms with Gasteiger partial charge in [-0.3, -0.25) is 0 Å². The van der Waals surface area contributed by atoms with Crippen LogP contribution >= 0.6 is 0 Å². The number of ether oxygens (including phenoxy) is 1. The third-order valence-electron chi connectivity index (χ3n) is 4.69. The Morgan fingerprint density at radius 1 is 1.05 bits per heavy atom. The highest BCUT2D eigenvalue weighted by Gasteiger charge is 2.29. The van der Waals surface area contributed by atoms with Gasteiger partial charge in [0.25, 0.3) is 0 Å². The molecule has 0 aromatic rings. The van der Waals surface area contributed by atoms with Crippen LogP contribution in [0.5, 0.6) is 0 Å². The van der Waals surface area contributed by atoms with Gasteiger partial charge in [0.1, 0.15) is 0 Å². The second-order valence-electron chi connectivity index (χ2n) is 5.95. The van der Waals surface area contributed by atoms with Gasteiger partial charge in [-0.05, 0) is 45.4 Å². The molecular formula is C14H28N2O3S. The van der Waals surface area contributed by atoms with Gasteiger partial charge in [-0.1, -0.05) is 0 Å². The first-order chi connectivity index (χ1) is 9.55. The maximum atomic E-state index is 11.8. The van der Waals surface area contributed by atoms with E-state index >= 15 is 0 Å². The van der Waals surface area contributed by atoms with E-state index in [9.17, 15) is 8.42 Å². The van der Waals surface area contributed by atoms with Crippen molar-refractivity contribution in [3.63, 3.8) is 0 Å². The molecule has 5 nitrogen and oxygen atoms in total. The lowest BCUT2D eigenvalue weighted by Crippen LogP contribution is -2.49. The lowest BCUT2D eigenvalue weighted by molar-refractivity contribution is 0.0601. The summed E-state index contributed by atoms with van der Waals surface area (Å²) in [6.07, 6.45) is 6.92. The highest BCUT2D eigenvalue weighted by atomic mass is 32.2. The zero-order chi connectivity index (χ0) is 14.6. The van der Waals surface area contributed by atoms with E-state index < -0.39 is 10.0 Å². The number of hydrogen-bond donors (Lipinski definition) is 1. The summed E-state index contributed by atoms with van der Waals surface area (Å²) in [6.45, 7) is 3.05. The van der Waals surface area contributed by atoms with Crippen molar-refractivity contribution in [2.75, 3.05) is 26.0 Å². The number of methoxy groups -OCH3 is 1. The SMILES string of the molecule is CCS(=O)(=O)N1CCC(NC2CCC(OC)CC2)CC1. The van der Waals surface area contributed by atoms with E-state index in [1.807, 2.05) is 0 Å². The van der Waals surface area contributed by atoms with Crippen LogP contribution < -0.4 is 5.32 Å². The van der Waals surface area contributed by atoms with Crippen LogP contribution in [0.25, 0.3) is 0 Å². The van der Waals surface area contributed by atoms with Gasteiger partial charge in [0.2, 0.25) is 10.0 Å². The molecule has 6 heteroatoms. The van der Waals surface area contributed by atoms with E-state index in [0.29, 0.717) is 31.3 Å². The van der Waals surface area contributed by atoms with Crippen molar-refractivity contribution in [2.24, 2.45) is 0 Å². The fraction of sp³-hybridized carbons (Fsp3) is 1.00. The highest BCUT2D eigenvalue weighted by molar-refractivity contribution is 7.89. The Bertz CT molecular complexity index is 383. The van der Waals surface area contributed by atoms with Crippen LogP contribution in [0.4, 0.5) is 0 Å². The number of hydrogen-bond acceptors (Lipinski definition) is 4. The van der Waals surface area contributed by atoms with E-state index in [-0.39, 0.29) is 5.75 Å². The van der Waals surface area contributed by atoms with Crippen molar-refractivity contribution in [2.45, 2.75) is 63.6 Å². The van der Waals surface area contributed by atoms with Crippen LogP contribution in [-0.4, -0.2) is 56.9 Å². The summed E-state index contributed by atoms with van der Waals surface area (Å²) in [6, 6.07) is 1.06. The summed E-state index contributed by atoms with van der Waals surface area (Å²) in [5.74, 6) is 0.214. The van der Waals surface area contributed by atoms with Gasteiger partial charge in [0, 0.05) is 32.3 Å². The molecule has 0 aromatic heterocycles. The van der Waals surface area contributed by atoms with Crippen molar-refractivity contribution in [3.8, 4) is 0 Å². The first-order valence-corrected chi connectivity index (χ1v) is 9.42. The predicted octanol–water partition coefficient (Wildman–Crippen LogP) is 1.35. The Morgan fingerprint density at radius 2 is 1.60 bits per heavy atom. The second kappa shape index (κ2) is 7.20. The topological polar surface area (TPSA) is 58.6 Å². The Hall–Kier alpha value is -0.170. The molecule has 0 unspecified atom stereocenters. The number of piperidine rings is 1. The van der Waals surface area contributed by atoms with Crippen LogP contribution in [0.1, 0.15) is 45.4 Å². The minimum atomic E-state index is -3.00. The molecule has 0 bridgehead atoms. The number of nitrogens with zero attached hydrogens (tertiary/aromatic N) is 1. The molecule has 20 heavy (non-hydrogen) atoms. The Labute approximate surface area is 123 Å². The number of rotatable bonds is 5. The summed E-state index contributed by atoms with van der Waals surface area (Å²) in [4.78, 5) is 0. The van der Waals surface area contributed by atoms with Crippen molar-refractivity contribution < 1.29 is 13.2 Å². The van der Waals surface area contributed by atoms with Crippen LogP contribution in [-0.2, 0) is 14.8 Å². The molecular weight excluding hydrogens is 276 g/mol. The van der Waals surface area contributed by atoms with Gasteiger partial charge in [-0.2, -0.15) is 0 Å². The molecule has 2 rings (SSSR count). The van der Waals surface area contributed by atoms with Gasteiger partial charge in [0.15, 0.2) is 0 Å².